The fraction of sp³-hybridized carbons (Fsp3) is 0.533. The van der Waals surface area contributed by atoms with E-state index in [-0.39, 0.29) is 5.91 Å². The SMILES string of the molecule is CCc1cccnc1CNC(=O)C1(C#N)CC(C)C1. The second kappa shape index (κ2) is 5.40. The molecule has 0 bridgehead atoms. The molecular weight excluding hydrogens is 238 g/mol. The van der Waals surface area contributed by atoms with Gasteiger partial charge in [-0.2, -0.15) is 5.26 Å². The first-order chi connectivity index (χ1) is 9.11. The molecule has 100 valence electrons. The van der Waals surface area contributed by atoms with E-state index in [9.17, 15) is 10.1 Å². The van der Waals surface area contributed by atoms with Gasteiger partial charge in [-0.05, 0) is 36.8 Å². The van der Waals surface area contributed by atoms with Crippen molar-refractivity contribution in [3.05, 3.63) is 29.6 Å². The van der Waals surface area contributed by atoms with Crippen LogP contribution in [0.25, 0.3) is 0 Å². The third kappa shape index (κ3) is 2.60. The van der Waals surface area contributed by atoms with E-state index in [2.05, 4.69) is 30.2 Å². The highest BCUT2D eigenvalue weighted by Gasteiger charge is 2.48. The van der Waals surface area contributed by atoms with E-state index in [1.807, 2.05) is 12.1 Å². The van der Waals surface area contributed by atoms with Crippen molar-refractivity contribution in [1.29, 1.82) is 5.26 Å². The molecule has 4 nitrogen and oxygen atoms in total. The highest BCUT2D eigenvalue weighted by Crippen LogP contribution is 2.45. The first kappa shape index (κ1) is 13.5. The van der Waals surface area contributed by atoms with E-state index in [4.69, 9.17) is 0 Å². The van der Waals surface area contributed by atoms with Crippen molar-refractivity contribution in [1.82, 2.24) is 10.3 Å². The predicted molar refractivity (Wildman–Crippen MR) is 71.9 cm³/mol. The van der Waals surface area contributed by atoms with E-state index in [1.54, 1.807) is 6.20 Å². The van der Waals surface area contributed by atoms with Gasteiger partial charge >= 0.3 is 0 Å². The minimum atomic E-state index is -0.805. The maximum absolute atomic E-state index is 12.1. The molecule has 0 spiro atoms. The number of carbonyl (C=O) groups is 1. The fourth-order valence-electron chi connectivity index (χ4n) is 2.74. The molecule has 1 N–H and O–H groups in total. The first-order valence-electron chi connectivity index (χ1n) is 6.73. The van der Waals surface area contributed by atoms with E-state index < -0.39 is 5.41 Å². The van der Waals surface area contributed by atoms with Crippen molar-refractivity contribution in [3.8, 4) is 6.07 Å². The molecule has 1 heterocycles. The maximum Gasteiger partial charge on any atom is 0.240 e. The molecule has 0 atom stereocenters. The molecule has 0 radical (unpaired) electrons. The van der Waals surface area contributed by atoms with Crippen LogP contribution in [0.2, 0.25) is 0 Å². The normalized spacial score (nSPS) is 25.2. The number of aromatic nitrogens is 1. The lowest BCUT2D eigenvalue weighted by Crippen LogP contribution is -2.48. The number of hydrogen-bond acceptors (Lipinski definition) is 3. The molecule has 2 rings (SSSR count). The minimum Gasteiger partial charge on any atom is -0.349 e. The van der Waals surface area contributed by atoms with Crippen molar-refractivity contribution in [3.63, 3.8) is 0 Å². The predicted octanol–water partition coefficient (Wildman–Crippen LogP) is 2.20. The summed E-state index contributed by atoms with van der Waals surface area (Å²) >= 11 is 0. The topological polar surface area (TPSA) is 65.8 Å². The number of nitrogens with zero attached hydrogens (tertiary/aromatic N) is 2. The fourth-order valence-corrected chi connectivity index (χ4v) is 2.74. The highest BCUT2D eigenvalue weighted by atomic mass is 16.2. The second-order valence-electron chi connectivity index (χ2n) is 5.35. The molecule has 1 aromatic heterocycles. The van der Waals surface area contributed by atoms with Gasteiger partial charge in [0.2, 0.25) is 5.91 Å². The van der Waals surface area contributed by atoms with Gasteiger partial charge in [0.05, 0.1) is 18.3 Å². The Morgan fingerprint density at radius 1 is 1.63 bits per heavy atom. The van der Waals surface area contributed by atoms with Gasteiger partial charge in [-0.3, -0.25) is 9.78 Å². The third-order valence-corrected chi connectivity index (χ3v) is 3.82. The van der Waals surface area contributed by atoms with Crippen LogP contribution in [0.3, 0.4) is 0 Å². The van der Waals surface area contributed by atoms with E-state index in [0.29, 0.717) is 25.3 Å². The van der Waals surface area contributed by atoms with Gasteiger partial charge in [0.1, 0.15) is 5.41 Å². The van der Waals surface area contributed by atoms with Gasteiger partial charge in [0.15, 0.2) is 0 Å². The Hall–Kier alpha value is -1.89. The largest absolute Gasteiger partial charge is 0.349 e. The van der Waals surface area contributed by atoms with Gasteiger partial charge < -0.3 is 5.32 Å². The summed E-state index contributed by atoms with van der Waals surface area (Å²) < 4.78 is 0. The third-order valence-electron chi connectivity index (χ3n) is 3.82. The number of pyridine rings is 1. The van der Waals surface area contributed by atoms with Crippen LogP contribution in [0.1, 0.15) is 37.9 Å². The van der Waals surface area contributed by atoms with Crippen LogP contribution in [0.4, 0.5) is 0 Å². The summed E-state index contributed by atoms with van der Waals surface area (Å²) in [4.78, 5) is 16.4. The van der Waals surface area contributed by atoms with Gasteiger partial charge in [0, 0.05) is 6.20 Å². The van der Waals surface area contributed by atoms with Crippen molar-refractivity contribution in [2.75, 3.05) is 0 Å². The molecule has 1 aliphatic rings. The van der Waals surface area contributed by atoms with Gasteiger partial charge in [-0.15, -0.1) is 0 Å². The lowest BCUT2D eigenvalue weighted by atomic mass is 9.63. The molecule has 0 saturated heterocycles. The Labute approximate surface area is 113 Å². The lowest BCUT2D eigenvalue weighted by Gasteiger charge is -2.39. The van der Waals surface area contributed by atoms with Crippen molar-refractivity contribution in [2.24, 2.45) is 11.3 Å². The molecular formula is C15H19N3O. The van der Waals surface area contributed by atoms with E-state index >= 15 is 0 Å². The molecule has 0 unspecified atom stereocenters. The minimum absolute atomic E-state index is 0.152. The first-order valence-corrected chi connectivity index (χ1v) is 6.73. The van der Waals surface area contributed by atoms with Crippen molar-refractivity contribution < 1.29 is 4.79 Å². The number of hydrogen-bond donors (Lipinski definition) is 1. The Kier molecular flexibility index (Phi) is 3.84. The lowest BCUT2D eigenvalue weighted by molar-refractivity contribution is -0.134. The smallest absolute Gasteiger partial charge is 0.240 e. The Morgan fingerprint density at radius 3 is 2.95 bits per heavy atom. The van der Waals surface area contributed by atoms with E-state index in [0.717, 1.165) is 17.7 Å². The summed E-state index contributed by atoms with van der Waals surface area (Å²) in [6.07, 6.45) is 3.95. The molecule has 1 amide bonds. The van der Waals surface area contributed by atoms with Crippen molar-refractivity contribution >= 4 is 5.91 Å². The zero-order valence-electron chi connectivity index (χ0n) is 11.4. The van der Waals surface area contributed by atoms with Crippen LogP contribution < -0.4 is 5.32 Å². The molecule has 1 aliphatic carbocycles. The molecule has 1 aromatic rings. The standard InChI is InChI=1S/C15H19N3O/c1-3-12-5-4-6-17-13(12)9-18-14(19)15(10-16)7-11(2)8-15/h4-6,11H,3,7-9H2,1-2H3,(H,18,19). The highest BCUT2D eigenvalue weighted by molar-refractivity contribution is 5.86. The summed E-state index contributed by atoms with van der Waals surface area (Å²) in [5.74, 6) is 0.312. The van der Waals surface area contributed by atoms with Crippen LogP contribution in [-0.4, -0.2) is 10.9 Å². The number of nitrogens with one attached hydrogen (secondary N) is 1. The molecule has 0 aromatic carbocycles. The van der Waals surface area contributed by atoms with Gasteiger partial charge in [0.25, 0.3) is 0 Å². The van der Waals surface area contributed by atoms with Crippen LogP contribution in [0, 0.1) is 22.7 Å². The summed E-state index contributed by atoms with van der Waals surface area (Å²) in [5.41, 5.74) is 1.22. The number of rotatable bonds is 4. The van der Waals surface area contributed by atoms with Crippen LogP contribution in [0.15, 0.2) is 18.3 Å². The Balaban J connectivity index is 1.99. The number of aryl methyl sites for hydroxylation is 1. The summed E-state index contributed by atoms with van der Waals surface area (Å²) in [6, 6.07) is 6.09. The average molecular weight is 257 g/mol. The Bertz CT molecular complexity index is 512. The van der Waals surface area contributed by atoms with Crippen LogP contribution in [-0.2, 0) is 17.8 Å². The van der Waals surface area contributed by atoms with E-state index in [1.165, 1.54) is 0 Å². The monoisotopic (exact) mass is 257 g/mol. The van der Waals surface area contributed by atoms with Gasteiger partial charge in [-0.25, -0.2) is 0 Å². The van der Waals surface area contributed by atoms with Crippen LogP contribution >= 0.6 is 0 Å². The summed E-state index contributed by atoms with van der Waals surface area (Å²) in [5, 5.41) is 12.1. The summed E-state index contributed by atoms with van der Waals surface area (Å²) in [6.45, 7) is 4.53. The second-order valence-corrected chi connectivity index (χ2v) is 5.35. The average Bonchev–Trinajstić information content (AvgIpc) is 2.41. The molecule has 19 heavy (non-hydrogen) atoms. The molecule has 0 aliphatic heterocycles. The van der Waals surface area contributed by atoms with Crippen LogP contribution in [0.5, 0.6) is 0 Å². The van der Waals surface area contributed by atoms with Crippen molar-refractivity contribution in [2.45, 2.75) is 39.7 Å². The summed E-state index contributed by atoms with van der Waals surface area (Å²) in [7, 11) is 0. The zero-order chi connectivity index (χ0) is 13.9. The quantitative estimate of drug-likeness (QED) is 0.899. The molecule has 4 heteroatoms. The molecule has 1 saturated carbocycles. The molecule has 1 fully saturated rings. The zero-order valence-corrected chi connectivity index (χ0v) is 11.4. The van der Waals surface area contributed by atoms with Gasteiger partial charge in [-0.1, -0.05) is 19.9 Å². The number of amides is 1. The maximum atomic E-state index is 12.1. The number of nitriles is 1. The Morgan fingerprint density at radius 2 is 2.37 bits per heavy atom. The number of carbonyl (C=O) groups excluding carboxylic acids is 1.